The van der Waals surface area contributed by atoms with Gasteiger partial charge in [-0.15, -0.1) is 0 Å². The minimum Gasteiger partial charge on any atom is -0.508 e. The highest BCUT2D eigenvalue weighted by atomic mass is 16.5. The van der Waals surface area contributed by atoms with E-state index in [2.05, 4.69) is 0 Å². The minimum absolute atomic E-state index is 0.00699. The second-order valence-electron chi connectivity index (χ2n) is 5.18. The Morgan fingerprint density at radius 2 is 2.00 bits per heavy atom. The van der Waals surface area contributed by atoms with Crippen LogP contribution in [-0.4, -0.2) is 11.1 Å². The fourth-order valence-corrected chi connectivity index (χ4v) is 2.03. The SMILES string of the molecule is CCc1cc2c(COC(=O)C(C)C)cc(=O)oc2cc1O. The highest BCUT2D eigenvalue weighted by molar-refractivity contribution is 5.83. The van der Waals surface area contributed by atoms with Crippen LogP contribution in [0.25, 0.3) is 11.0 Å². The molecular weight excluding hydrogens is 272 g/mol. The van der Waals surface area contributed by atoms with E-state index in [0.29, 0.717) is 17.4 Å². The predicted molar refractivity (Wildman–Crippen MR) is 78.2 cm³/mol. The third kappa shape index (κ3) is 3.24. The lowest BCUT2D eigenvalue weighted by atomic mass is 10.0. The average molecular weight is 290 g/mol. The van der Waals surface area contributed by atoms with Gasteiger partial charge in [0.2, 0.25) is 0 Å². The summed E-state index contributed by atoms with van der Waals surface area (Å²) in [6.07, 6.45) is 0.645. The van der Waals surface area contributed by atoms with Gasteiger partial charge in [0.15, 0.2) is 0 Å². The van der Waals surface area contributed by atoms with Crippen molar-refractivity contribution in [3.63, 3.8) is 0 Å². The fourth-order valence-electron chi connectivity index (χ4n) is 2.03. The molecule has 0 unspecified atom stereocenters. The molecule has 5 nitrogen and oxygen atoms in total. The molecule has 0 amide bonds. The molecule has 0 aliphatic carbocycles. The van der Waals surface area contributed by atoms with Crippen LogP contribution in [0.2, 0.25) is 0 Å². The number of hydrogen-bond donors (Lipinski definition) is 1. The molecule has 1 aromatic carbocycles. The van der Waals surface area contributed by atoms with Crippen LogP contribution in [0.3, 0.4) is 0 Å². The Morgan fingerprint density at radius 1 is 1.29 bits per heavy atom. The Kier molecular flexibility index (Phi) is 4.31. The van der Waals surface area contributed by atoms with Crippen molar-refractivity contribution in [1.82, 2.24) is 0 Å². The molecule has 0 saturated heterocycles. The number of rotatable bonds is 4. The first kappa shape index (κ1) is 15.1. The van der Waals surface area contributed by atoms with E-state index in [1.165, 1.54) is 12.1 Å². The Bertz CT molecular complexity index is 727. The summed E-state index contributed by atoms with van der Waals surface area (Å²) >= 11 is 0. The number of phenolic OH excluding ortho intramolecular Hbond substituents is 1. The van der Waals surface area contributed by atoms with E-state index in [9.17, 15) is 14.7 Å². The molecule has 2 aromatic rings. The smallest absolute Gasteiger partial charge is 0.336 e. The summed E-state index contributed by atoms with van der Waals surface area (Å²) < 4.78 is 10.3. The first-order valence-electron chi connectivity index (χ1n) is 6.87. The first-order chi connectivity index (χ1) is 9.92. The van der Waals surface area contributed by atoms with Gasteiger partial charge in [0.1, 0.15) is 17.9 Å². The summed E-state index contributed by atoms with van der Waals surface area (Å²) in [5.41, 5.74) is 1.06. The van der Waals surface area contributed by atoms with Crippen LogP contribution in [0.15, 0.2) is 27.4 Å². The second-order valence-corrected chi connectivity index (χ2v) is 5.18. The molecule has 0 fully saturated rings. The molecule has 1 heterocycles. The summed E-state index contributed by atoms with van der Waals surface area (Å²) in [7, 11) is 0. The molecule has 2 rings (SSSR count). The van der Waals surface area contributed by atoms with Crippen LogP contribution in [0.5, 0.6) is 5.75 Å². The number of carbonyl (C=O) groups is 1. The number of ether oxygens (including phenoxy) is 1. The summed E-state index contributed by atoms with van der Waals surface area (Å²) in [5.74, 6) is -0.470. The topological polar surface area (TPSA) is 76.7 Å². The third-order valence-corrected chi connectivity index (χ3v) is 3.25. The van der Waals surface area contributed by atoms with E-state index >= 15 is 0 Å². The van der Waals surface area contributed by atoms with Gasteiger partial charge in [0.05, 0.1) is 5.92 Å². The molecule has 0 saturated carbocycles. The lowest BCUT2D eigenvalue weighted by molar-refractivity contribution is -0.148. The van der Waals surface area contributed by atoms with Crippen molar-refractivity contribution >= 4 is 16.9 Å². The van der Waals surface area contributed by atoms with Crippen molar-refractivity contribution in [2.45, 2.75) is 33.8 Å². The van der Waals surface area contributed by atoms with Gasteiger partial charge in [-0.25, -0.2) is 4.79 Å². The third-order valence-electron chi connectivity index (χ3n) is 3.25. The molecular formula is C16H18O5. The highest BCUT2D eigenvalue weighted by Gasteiger charge is 2.13. The molecule has 21 heavy (non-hydrogen) atoms. The number of fused-ring (bicyclic) bond motifs is 1. The molecule has 0 spiro atoms. The zero-order valence-electron chi connectivity index (χ0n) is 12.3. The maximum Gasteiger partial charge on any atom is 0.336 e. The average Bonchev–Trinajstić information content (AvgIpc) is 2.43. The Labute approximate surface area is 122 Å². The van der Waals surface area contributed by atoms with Crippen molar-refractivity contribution < 1.29 is 19.1 Å². The number of phenols is 1. The Balaban J connectivity index is 2.46. The van der Waals surface area contributed by atoms with Crippen LogP contribution in [-0.2, 0) is 22.6 Å². The lowest BCUT2D eigenvalue weighted by Gasteiger charge is -2.10. The fraction of sp³-hybridized carbons (Fsp3) is 0.375. The number of benzene rings is 1. The van der Waals surface area contributed by atoms with Crippen molar-refractivity contribution in [1.29, 1.82) is 0 Å². The van der Waals surface area contributed by atoms with Crippen LogP contribution in [0.4, 0.5) is 0 Å². The molecule has 0 aliphatic rings. The predicted octanol–water partition coefficient (Wildman–Crippen LogP) is 2.76. The van der Waals surface area contributed by atoms with E-state index in [4.69, 9.17) is 9.15 Å². The molecule has 1 aromatic heterocycles. The summed E-state index contributed by atoms with van der Waals surface area (Å²) in [6.45, 7) is 5.41. The molecule has 0 atom stereocenters. The van der Waals surface area contributed by atoms with Gasteiger partial charge in [-0.05, 0) is 18.1 Å². The molecule has 0 radical (unpaired) electrons. The van der Waals surface area contributed by atoms with Crippen molar-refractivity contribution in [3.8, 4) is 5.75 Å². The first-order valence-corrected chi connectivity index (χ1v) is 6.87. The van der Waals surface area contributed by atoms with Crippen molar-refractivity contribution in [2.75, 3.05) is 0 Å². The van der Waals surface area contributed by atoms with Gasteiger partial charge in [0, 0.05) is 23.1 Å². The molecule has 0 aliphatic heterocycles. The van der Waals surface area contributed by atoms with Gasteiger partial charge in [-0.3, -0.25) is 4.79 Å². The molecule has 1 N–H and O–H groups in total. The lowest BCUT2D eigenvalue weighted by Crippen LogP contribution is -2.12. The van der Waals surface area contributed by atoms with E-state index in [1.54, 1.807) is 19.9 Å². The van der Waals surface area contributed by atoms with Gasteiger partial charge in [-0.2, -0.15) is 0 Å². The van der Waals surface area contributed by atoms with E-state index < -0.39 is 5.63 Å². The van der Waals surface area contributed by atoms with Gasteiger partial charge in [-0.1, -0.05) is 20.8 Å². The van der Waals surface area contributed by atoms with Crippen molar-refractivity contribution in [3.05, 3.63) is 39.7 Å². The van der Waals surface area contributed by atoms with Gasteiger partial charge >= 0.3 is 11.6 Å². The van der Waals surface area contributed by atoms with Gasteiger partial charge in [0.25, 0.3) is 0 Å². The Morgan fingerprint density at radius 3 is 2.62 bits per heavy atom. The summed E-state index contributed by atoms with van der Waals surface area (Å²) in [6, 6.07) is 4.49. The summed E-state index contributed by atoms with van der Waals surface area (Å²) in [4.78, 5) is 23.1. The largest absolute Gasteiger partial charge is 0.508 e. The number of carbonyl (C=O) groups excluding carboxylic acids is 1. The van der Waals surface area contributed by atoms with Crippen LogP contribution in [0.1, 0.15) is 31.9 Å². The Hall–Kier alpha value is -2.30. The van der Waals surface area contributed by atoms with E-state index in [0.717, 1.165) is 5.56 Å². The quantitative estimate of drug-likeness (QED) is 0.692. The second kappa shape index (κ2) is 5.99. The van der Waals surface area contributed by atoms with Crippen LogP contribution < -0.4 is 5.63 Å². The molecule has 0 bridgehead atoms. The number of aromatic hydroxyl groups is 1. The maximum absolute atomic E-state index is 11.6. The molecule has 112 valence electrons. The maximum atomic E-state index is 11.6. The molecule has 5 heteroatoms. The van der Waals surface area contributed by atoms with E-state index in [1.807, 2.05) is 6.92 Å². The monoisotopic (exact) mass is 290 g/mol. The number of esters is 1. The van der Waals surface area contributed by atoms with Crippen molar-refractivity contribution in [2.24, 2.45) is 5.92 Å². The number of hydrogen-bond acceptors (Lipinski definition) is 5. The minimum atomic E-state index is -0.540. The van der Waals surface area contributed by atoms with Crippen LogP contribution >= 0.6 is 0 Å². The van der Waals surface area contributed by atoms with E-state index in [-0.39, 0.29) is 29.8 Å². The zero-order valence-corrected chi connectivity index (χ0v) is 12.3. The van der Waals surface area contributed by atoms with Gasteiger partial charge < -0.3 is 14.3 Å². The standard InChI is InChI=1S/C16H18O5/c1-4-10-5-12-11(8-20-16(19)9(2)3)6-15(18)21-14(12)7-13(10)17/h5-7,9,17H,4,8H2,1-3H3. The zero-order chi connectivity index (χ0) is 15.6. The number of aryl methyl sites for hydroxylation is 1. The van der Waals surface area contributed by atoms with Crippen LogP contribution in [0, 0.1) is 5.92 Å². The summed E-state index contributed by atoms with van der Waals surface area (Å²) in [5, 5.41) is 10.5. The normalized spacial score (nSPS) is 11.0. The highest BCUT2D eigenvalue weighted by Crippen LogP contribution is 2.27.